The van der Waals surface area contributed by atoms with Crippen LogP contribution in [0.3, 0.4) is 0 Å². The summed E-state index contributed by atoms with van der Waals surface area (Å²) in [6, 6.07) is 3.71. The normalized spacial score (nSPS) is 15.7. The third-order valence-electron chi connectivity index (χ3n) is 3.63. The van der Waals surface area contributed by atoms with Crippen molar-refractivity contribution in [2.75, 3.05) is 6.54 Å². The highest BCUT2D eigenvalue weighted by atomic mass is 16.4. The van der Waals surface area contributed by atoms with Gasteiger partial charge in [-0.15, -0.1) is 0 Å². The number of aromatic nitrogens is 2. The topological polar surface area (TPSA) is 71.2 Å². The highest BCUT2D eigenvalue weighted by Crippen LogP contribution is 2.23. The van der Waals surface area contributed by atoms with Crippen molar-refractivity contribution in [2.45, 2.75) is 46.3 Å². The molecule has 0 aliphatic heterocycles. The zero-order valence-corrected chi connectivity index (χ0v) is 13.3. The molecular weight excluding hydrogens is 266 g/mol. The summed E-state index contributed by atoms with van der Waals surface area (Å²) in [5, 5.41) is 13.8. The van der Waals surface area contributed by atoms with E-state index in [0.717, 1.165) is 22.8 Å². The number of aliphatic hydroxyl groups is 1. The Morgan fingerprint density at radius 3 is 2.62 bits per heavy atom. The lowest BCUT2D eigenvalue weighted by Gasteiger charge is -2.24. The van der Waals surface area contributed by atoms with Crippen molar-refractivity contribution in [3.05, 3.63) is 46.9 Å². The van der Waals surface area contributed by atoms with E-state index in [2.05, 4.69) is 15.3 Å². The molecule has 0 amide bonds. The van der Waals surface area contributed by atoms with Crippen molar-refractivity contribution in [2.24, 2.45) is 0 Å². The summed E-state index contributed by atoms with van der Waals surface area (Å²) >= 11 is 0. The molecule has 0 saturated carbocycles. The molecule has 2 unspecified atom stereocenters. The average Bonchev–Trinajstić information content (AvgIpc) is 2.84. The van der Waals surface area contributed by atoms with E-state index in [0.29, 0.717) is 12.3 Å². The first-order chi connectivity index (χ1) is 9.79. The Labute approximate surface area is 125 Å². The molecule has 0 aliphatic rings. The summed E-state index contributed by atoms with van der Waals surface area (Å²) in [5.41, 5.74) is 0.935. The van der Waals surface area contributed by atoms with E-state index in [9.17, 15) is 5.11 Å². The van der Waals surface area contributed by atoms with Gasteiger partial charge in [0.15, 0.2) is 0 Å². The second-order valence-electron chi connectivity index (χ2n) is 5.74. The van der Waals surface area contributed by atoms with Gasteiger partial charge in [0, 0.05) is 30.0 Å². The van der Waals surface area contributed by atoms with Crippen LogP contribution < -0.4 is 5.32 Å². The molecule has 0 fully saturated rings. The molecule has 0 aliphatic carbocycles. The molecule has 2 aromatic heterocycles. The Balaban J connectivity index is 2.05. The maximum absolute atomic E-state index is 10.5. The molecule has 0 radical (unpaired) electrons. The molecule has 0 bridgehead atoms. The third-order valence-corrected chi connectivity index (χ3v) is 3.63. The van der Waals surface area contributed by atoms with Crippen molar-refractivity contribution in [1.29, 1.82) is 0 Å². The van der Waals surface area contributed by atoms with Gasteiger partial charge in [-0.2, -0.15) is 0 Å². The van der Waals surface area contributed by atoms with E-state index in [1.54, 1.807) is 6.92 Å². The van der Waals surface area contributed by atoms with Gasteiger partial charge in [-0.05, 0) is 46.8 Å². The van der Waals surface area contributed by atoms with E-state index >= 15 is 0 Å². The van der Waals surface area contributed by atoms with Gasteiger partial charge in [0.05, 0.1) is 0 Å². The van der Waals surface area contributed by atoms with Crippen LogP contribution in [0.15, 0.2) is 22.7 Å². The lowest BCUT2D eigenvalue weighted by molar-refractivity contribution is 0.0312. The van der Waals surface area contributed by atoms with Crippen molar-refractivity contribution < 1.29 is 9.52 Å². The van der Waals surface area contributed by atoms with Crippen molar-refractivity contribution in [3.63, 3.8) is 0 Å². The van der Waals surface area contributed by atoms with E-state index in [-0.39, 0.29) is 6.04 Å². The quantitative estimate of drug-likeness (QED) is 0.885. The van der Waals surface area contributed by atoms with E-state index < -0.39 is 5.60 Å². The Bertz CT molecular complexity index is 620. The number of hydrogen-bond acceptors (Lipinski definition) is 5. The summed E-state index contributed by atoms with van der Waals surface area (Å²) < 4.78 is 5.51. The Morgan fingerprint density at radius 1 is 1.33 bits per heavy atom. The van der Waals surface area contributed by atoms with Gasteiger partial charge < -0.3 is 14.8 Å². The zero-order chi connectivity index (χ0) is 15.6. The van der Waals surface area contributed by atoms with Gasteiger partial charge in [-0.1, -0.05) is 0 Å². The van der Waals surface area contributed by atoms with E-state index in [4.69, 9.17) is 4.42 Å². The highest BCUT2D eigenvalue weighted by molar-refractivity contribution is 5.20. The Morgan fingerprint density at radius 2 is 2.05 bits per heavy atom. The molecule has 2 aromatic rings. The SMILES string of the molecule is Cc1ncc(C(C)NCC(C)(O)c2ccc(C)o2)c(C)n1. The molecule has 5 heteroatoms. The summed E-state index contributed by atoms with van der Waals surface area (Å²) in [4.78, 5) is 8.60. The maximum atomic E-state index is 10.5. The maximum Gasteiger partial charge on any atom is 0.136 e. The molecule has 0 saturated heterocycles. The Hall–Kier alpha value is -1.72. The summed E-state index contributed by atoms with van der Waals surface area (Å²) in [5.74, 6) is 2.12. The van der Waals surface area contributed by atoms with Gasteiger partial charge in [0.1, 0.15) is 22.9 Å². The van der Waals surface area contributed by atoms with Gasteiger partial charge in [0.25, 0.3) is 0 Å². The first-order valence-electron chi connectivity index (χ1n) is 7.12. The van der Waals surface area contributed by atoms with Crippen molar-refractivity contribution in [3.8, 4) is 0 Å². The highest BCUT2D eigenvalue weighted by Gasteiger charge is 2.27. The van der Waals surface area contributed by atoms with Gasteiger partial charge >= 0.3 is 0 Å². The molecule has 2 N–H and O–H groups in total. The minimum absolute atomic E-state index is 0.0492. The second-order valence-corrected chi connectivity index (χ2v) is 5.74. The molecule has 2 rings (SSSR count). The molecule has 0 spiro atoms. The van der Waals surface area contributed by atoms with Crippen LogP contribution in [0.2, 0.25) is 0 Å². The molecule has 2 heterocycles. The first-order valence-corrected chi connectivity index (χ1v) is 7.12. The predicted octanol–water partition coefficient (Wildman–Crippen LogP) is 2.55. The minimum Gasteiger partial charge on any atom is -0.463 e. The van der Waals surface area contributed by atoms with Crippen LogP contribution in [-0.4, -0.2) is 21.6 Å². The summed E-state index contributed by atoms with van der Waals surface area (Å²) in [6.45, 7) is 9.86. The predicted molar refractivity (Wildman–Crippen MR) is 80.9 cm³/mol. The molecular formula is C16H23N3O2. The number of furan rings is 1. The monoisotopic (exact) mass is 289 g/mol. The van der Waals surface area contributed by atoms with Crippen LogP contribution in [0.25, 0.3) is 0 Å². The summed E-state index contributed by atoms with van der Waals surface area (Å²) in [6.07, 6.45) is 1.83. The zero-order valence-electron chi connectivity index (χ0n) is 13.3. The first kappa shape index (κ1) is 15.7. The van der Waals surface area contributed by atoms with Gasteiger partial charge in [0.2, 0.25) is 0 Å². The average molecular weight is 289 g/mol. The minimum atomic E-state index is -1.05. The number of aryl methyl sites for hydroxylation is 3. The number of rotatable bonds is 5. The van der Waals surface area contributed by atoms with E-state index in [1.165, 1.54) is 0 Å². The molecule has 0 aromatic carbocycles. The fourth-order valence-corrected chi connectivity index (χ4v) is 2.29. The van der Waals surface area contributed by atoms with E-state index in [1.807, 2.05) is 46.0 Å². The van der Waals surface area contributed by atoms with Gasteiger partial charge in [-0.3, -0.25) is 0 Å². The van der Waals surface area contributed by atoms with Crippen LogP contribution in [0.1, 0.15) is 48.5 Å². The van der Waals surface area contributed by atoms with Crippen molar-refractivity contribution in [1.82, 2.24) is 15.3 Å². The van der Waals surface area contributed by atoms with Crippen LogP contribution in [-0.2, 0) is 5.60 Å². The summed E-state index contributed by atoms with van der Waals surface area (Å²) in [7, 11) is 0. The second kappa shape index (κ2) is 5.95. The standard InChI is InChI=1S/C16H23N3O2/c1-10-6-7-15(21-10)16(5,20)9-18-11(2)14-8-17-13(4)19-12(14)3/h6-8,11,18,20H,9H2,1-5H3. The third kappa shape index (κ3) is 3.68. The molecule has 21 heavy (non-hydrogen) atoms. The fraction of sp³-hybridized carbons (Fsp3) is 0.500. The lowest BCUT2D eigenvalue weighted by Crippen LogP contribution is -2.36. The van der Waals surface area contributed by atoms with Crippen LogP contribution in [0.5, 0.6) is 0 Å². The lowest BCUT2D eigenvalue weighted by atomic mass is 10.0. The Kier molecular flexibility index (Phi) is 4.44. The van der Waals surface area contributed by atoms with Gasteiger partial charge in [-0.25, -0.2) is 9.97 Å². The largest absolute Gasteiger partial charge is 0.463 e. The molecule has 2 atom stereocenters. The molecule has 114 valence electrons. The number of nitrogens with zero attached hydrogens (tertiary/aromatic N) is 2. The van der Waals surface area contributed by atoms with Crippen molar-refractivity contribution >= 4 is 0 Å². The van der Waals surface area contributed by atoms with Crippen LogP contribution in [0, 0.1) is 20.8 Å². The molecule has 5 nitrogen and oxygen atoms in total. The van der Waals surface area contributed by atoms with Crippen LogP contribution >= 0.6 is 0 Å². The fourth-order valence-electron chi connectivity index (χ4n) is 2.29. The number of nitrogens with one attached hydrogen (secondary N) is 1. The smallest absolute Gasteiger partial charge is 0.136 e. The van der Waals surface area contributed by atoms with Crippen LogP contribution in [0.4, 0.5) is 0 Å². The number of hydrogen-bond donors (Lipinski definition) is 2.